The molecule has 0 spiro atoms. The van der Waals surface area contributed by atoms with Gasteiger partial charge in [0.2, 0.25) is 0 Å². The Morgan fingerprint density at radius 2 is 2.15 bits per heavy atom. The summed E-state index contributed by atoms with van der Waals surface area (Å²) in [6.07, 6.45) is 12.6. The van der Waals surface area contributed by atoms with Crippen molar-refractivity contribution in [2.24, 2.45) is 10.9 Å². The van der Waals surface area contributed by atoms with Gasteiger partial charge < -0.3 is 0 Å². The molecular weight excluding hydrogens is 242 g/mol. The number of nitrogens with zero attached hydrogens (tertiary/aromatic N) is 1. The van der Waals surface area contributed by atoms with Crippen molar-refractivity contribution in [3.63, 3.8) is 0 Å². The lowest BCUT2D eigenvalue weighted by atomic mass is 9.95. The van der Waals surface area contributed by atoms with Crippen LogP contribution in [0.25, 0.3) is 0 Å². The van der Waals surface area contributed by atoms with Crippen LogP contribution in [0.3, 0.4) is 0 Å². The predicted octanol–water partition coefficient (Wildman–Crippen LogP) is 4.74. The molecule has 0 heterocycles. The summed E-state index contributed by atoms with van der Waals surface area (Å²) in [6.45, 7) is 8.26. The zero-order valence-corrected chi connectivity index (χ0v) is 12.4. The summed E-state index contributed by atoms with van der Waals surface area (Å²) >= 11 is 0. The van der Waals surface area contributed by atoms with Crippen LogP contribution >= 0.6 is 0 Å². The zero-order valence-electron chi connectivity index (χ0n) is 12.4. The average Bonchev–Trinajstić information content (AvgIpc) is 2.47. The van der Waals surface area contributed by atoms with E-state index in [0.29, 0.717) is 5.92 Å². The molecule has 0 fully saturated rings. The standard InChI is InChI=1S/C19H23N/c1-4-7-17-8-5-6-9-18(17)14-20-19-12-10-16(11-13-19)15(2)3/h4-6,8-12,14-15,19H,1,7,13H2,2-3H3. The first-order valence-electron chi connectivity index (χ1n) is 7.31. The molecule has 0 aliphatic heterocycles. The Labute approximate surface area is 122 Å². The topological polar surface area (TPSA) is 12.4 Å². The van der Waals surface area contributed by atoms with E-state index in [2.05, 4.69) is 62.9 Å². The summed E-state index contributed by atoms with van der Waals surface area (Å²) in [6, 6.07) is 8.64. The van der Waals surface area contributed by atoms with Crippen molar-refractivity contribution < 1.29 is 0 Å². The summed E-state index contributed by atoms with van der Waals surface area (Å²) in [5.74, 6) is 0.601. The minimum absolute atomic E-state index is 0.272. The second-order valence-electron chi connectivity index (χ2n) is 5.49. The Bertz CT molecular complexity index is 547. The fraction of sp³-hybridized carbons (Fsp3) is 0.316. The molecule has 1 unspecified atom stereocenters. The van der Waals surface area contributed by atoms with E-state index < -0.39 is 0 Å². The number of rotatable bonds is 5. The molecule has 1 aliphatic rings. The Morgan fingerprint density at radius 1 is 1.35 bits per heavy atom. The molecule has 1 heteroatoms. The first-order chi connectivity index (χ1) is 9.70. The van der Waals surface area contributed by atoms with Gasteiger partial charge >= 0.3 is 0 Å². The van der Waals surface area contributed by atoms with Gasteiger partial charge in [-0.3, -0.25) is 4.99 Å². The van der Waals surface area contributed by atoms with Crippen molar-refractivity contribution in [1.29, 1.82) is 0 Å². The molecule has 0 aromatic heterocycles. The van der Waals surface area contributed by atoms with Gasteiger partial charge in [0.15, 0.2) is 0 Å². The summed E-state index contributed by atoms with van der Waals surface area (Å²) in [5.41, 5.74) is 3.90. The summed E-state index contributed by atoms with van der Waals surface area (Å²) in [5, 5.41) is 0. The van der Waals surface area contributed by atoms with E-state index in [4.69, 9.17) is 4.99 Å². The highest BCUT2D eigenvalue weighted by molar-refractivity contribution is 5.82. The number of hydrogen-bond donors (Lipinski definition) is 0. The van der Waals surface area contributed by atoms with Gasteiger partial charge in [-0.2, -0.15) is 0 Å². The predicted molar refractivity (Wildman–Crippen MR) is 88.4 cm³/mol. The third kappa shape index (κ3) is 3.80. The molecule has 0 radical (unpaired) electrons. The number of hydrogen-bond acceptors (Lipinski definition) is 1. The van der Waals surface area contributed by atoms with E-state index in [9.17, 15) is 0 Å². The molecule has 0 saturated heterocycles. The molecule has 20 heavy (non-hydrogen) atoms. The summed E-state index contributed by atoms with van der Waals surface area (Å²) in [4.78, 5) is 4.70. The quantitative estimate of drug-likeness (QED) is 0.538. The van der Waals surface area contributed by atoms with E-state index in [1.165, 1.54) is 16.7 Å². The van der Waals surface area contributed by atoms with Crippen molar-refractivity contribution >= 4 is 6.21 Å². The van der Waals surface area contributed by atoms with Crippen molar-refractivity contribution in [3.8, 4) is 0 Å². The minimum atomic E-state index is 0.272. The smallest absolute Gasteiger partial charge is 0.0717 e. The number of benzene rings is 1. The van der Waals surface area contributed by atoms with E-state index in [1.54, 1.807) is 0 Å². The van der Waals surface area contributed by atoms with Gasteiger partial charge in [-0.15, -0.1) is 6.58 Å². The molecule has 0 saturated carbocycles. The first kappa shape index (κ1) is 14.5. The fourth-order valence-electron chi connectivity index (χ4n) is 2.34. The largest absolute Gasteiger partial charge is 0.285 e. The lowest BCUT2D eigenvalue weighted by Gasteiger charge is -2.15. The third-order valence-electron chi connectivity index (χ3n) is 3.60. The normalized spacial score (nSPS) is 18.6. The van der Waals surface area contributed by atoms with E-state index in [-0.39, 0.29) is 6.04 Å². The van der Waals surface area contributed by atoms with Crippen LogP contribution in [0.1, 0.15) is 31.4 Å². The Hall–Kier alpha value is -1.89. The van der Waals surface area contributed by atoms with Crippen molar-refractivity contribution in [1.82, 2.24) is 0 Å². The van der Waals surface area contributed by atoms with Gasteiger partial charge in [0.25, 0.3) is 0 Å². The highest BCUT2D eigenvalue weighted by atomic mass is 14.8. The molecule has 1 atom stereocenters. The van der Waals surface area contributed by atoms with Crippen LogP contribution in [0.4, 0.5) is 0 Å². The zero-order chi connectivity index (χ0) is 14.4. The van der Waals surface area contributed by atoms with Crippen LogP contribution in [0.2, 0.25) is 0 Å². The summed E-state index contributed by atoms with van der Waals surface area (Å²) in [7, 11) is 0. The monoisotopic (exact) mass is 265 g/mol. The molecular formula is C19H23N. The Kier molecular flexibility index (Phi) is 5.11. The average molecular weight is 265 g/mol. The molecule has 1 aliphatic carbocycles. The SMILES string of the molecule is C=CCc1ccccc1C=NC1C=CC(C(C)C)=CC1. The third-order valence-corrected chi connectivity index (χ3v) is 3.60. The molecule has 2 rings (SSSR count). The van der Waals surface area contributed by atoms with Gasteiger partial charge in [-0.25, -0.2) is 0 Å². The molecule has 104 valence electrons. The second-order valence-corrected chi connectivity index (χ2v) is 5.49. The van der Waals surface area contributed by atoms with Crippen LogP contribution in [-0.2, 0) is 6.42 Å². The molecule has 1 aromatic rings. The van der Waals surface area contributed by atoms with Gasteiger partial charge in [-0.05, 0) is 35.5 Å². The molecule has 1 nitrogen and oxygen atoms in total. The van der Waals surface area contributed by atoms with Gasteiger partial charge in [0.1, 0.15) is 0 Å². The summed E-state index contributed by atoms with van der Waals surface area (Å²) < 4.78 is 0. The fourth-order valence-corrected chi connectivity index (χ4v) is 2.34. The van der Waals surface area contributed by atoms with Crippen LogP contribution in [0.5, 0.6) is 0 Å². The van der Waals surface area contributed by atoms with E-state index in [1.807, 2.05) is 12.3 Å². The lowest BCUT2D eigenvalue weighted by Crippen LogP contribution is -2.06. The molecule has 0 N–H and O–H groups in total. The van der Waals surface area contributed by atoms with Crippen LogP contribution < -0.4 is 0 Å². The highest BCUT2D eigenvalue weighted by Crippen LogP contribution is 2.19. The Balaban J connectivity index is 2.05. The van der Waals surface area contributed by atoms with Crippen molar-refractivity contribution in [3.05, 3.63) is 71.8 Å². The van der Waals surface area contributed by atoms with Crippen molar-refractivity contribution in [2.75, 3.05) is 0 Å². The lowest BCUT2D eigenvalue weighted by molar-refractivity contribution is 0.747. The first-order valence-corrected chi connectivity index (χ1v) is 7.31. The van der Waals surface area contributed by atoms with Crippen LogP contribution in [0, 0.1) is 5.92 Å². The number of allylic oxidation sites excluding steroid dienone is 3. The Morgan fingerprint density at radius 3 is 2.80 bits per heavy atom. The van der Waals surface area contributed by atoms with E-state index >= 15 is 0 Å². The van der Waals surface area contributed by atoms with Gasteiger partial charge in [0, 0.05) is 6.21 Å². The van der Waals surface area contributed by atoms with Crippen LogP contribution in [-0.4, -0.2) is 12.3 Å². The maximum Gasteiger partial charge on any atom is 0.0717 e. The molecule has 1 aromatic carbocycles. The molecule has 0 bridgehead atoms. The van der Waals surface area contributed by atoms with Crippen LogP contribution in [0.15, 0.2) is 65.7 Å². The van der Waals surface area contributed by atoms with Gasteiger partial charge in [0.05, 0.1) is 6.04 Å². The molecule has 0 amide bonds. The highest BCUT2D eigenvalue weighted by Gasteiger charge is 2.08. The van der Waals surface area contributed by atoms with Gasteiger partial charge in [-0.1, -0.05) is 62.4 Å². The minimum Gasteiger partial charge on any atom is -0.285 e. The van der Waals surface area contributed by atoms with Crippen molar-refractivity contribution in [2.45, 2.75) is 32.7 Å². The van der Waals surface area contributed by atoms with E-state index in [0.717, 1.165) is 12.8 Å². The second kappa shape index (κ2) is 7.04. The number of aliphatic imine (C=N–C) groups is 1. The maximum absolute atomic E-state index is 4.70. The maximum atomic E-state index is 4.70.